The predicted molar refractivity (Wildman–Crippen MR) is 44.2 cm³/mol. The second-order valence-corrected chi connectivity index (χ2v) is 3.36. The first-order chi connectivity index (χ1) is 6.86. The van der Waals surface area contributed by atoms with Gasteiger partial charge in [0.25, 0.3) is 0 Å². The van der Waals surface area contributed by atoms with Crippen molar-refractivity contribution in [2.24, 2.45) is 0 Å². The largest absolute Gasteiger partial charge is 0.468 e. The molecule has 0 saturated carbocycles. The summed E-state index contributed by atoms with van der Waals surface area (Å²) in [6.45, 7) is -0.438. The van der Waals surface area contributed by atoms with E-state index in [1.54, 1.807) is 0 Å². The topological polar surface area (TPSA) is 47.6 Å². The molecule has 0 spiro atoms. The summed E-state index contributed by atoms with van der Waals surface area (Å²) in [7, 11) is 2.11. The molecule has 0 aliphatic carbocycles. The molecule has 7 heteroatoms. The Morgan fingerprint density at radius 3 is 2.40 bits per heavy atom. The summed E-state index contributed by atoms with van der Waals surface area (Å²) in [5.74, 6) is -0.710. The highest BCUT2D eigenvalue weighted by atomic mass is 19.4. The van der Waals surface area contributed by atoms with Crippen LogP contribution in [0.4, 0.5) is 13.2 Å². The zero-order chi connectivity index (χ0) is 11.7. The number of rotatable bonds is 2. The lowest BCUT2D eigenvalue weighted by molar-refractivity contribution is -0.262. The fourth-order valence-corrected chi connectivity index (χ4v) is 1.56. The summed E-state index contributed by atoms with van der Waals surface area (Å²) >= 11 is 0. The molecule has 88 valence electrons. The van der Waals surface area contributed by atoms with Gasteiger partial charge in [0.1, 0.15) is 6.04 Å². The van der Waals surface area contributed by atoms with Gasteiger partial charge >= 0.3 is 12.1 Å². The number of halogens is 3. The fourth-order valence-electron chi connectivity index (χ4n) is 1.56. The molecule has 0 aromatic carbocycles. The van der Waals surface area contributed by atoms with Crippen LogP contribution in [0.1, 0.15) is 6.42 Å². The lowest BCUT2D eigenvalue weighted by Crippen LogP contribution is -2.48. The third kappa shape index (κ3) is 2.07. The summed E-state index contributed by atoms with van der Waals surface area (Å²) in [5.41, 5.74) is -2.29. The van der Waals surface area contributed by atoms with Crippen LogP contribution in [0.3, 0.4) is 0 Å². The molecule has 1 fully saturated rings. The highest BCUT2D eigenvalue weighted by Gasteiger charge is 2.60. The van der Waals surface area contributed by atoms with Gasteiger partial charge < -0.3 is 14.8 Å². The minimum atomic E-state index is -4.50. The van der Waals surface area contributed by atoms with Crippen molar-refractivity contribution in [2.75, 3.05) is 20.8 Å². The molecule has 0 aromatic heterocycles. The zero-order valence-corrected chi connectivity index (χ0v) is 8.35. The average Bonchev–Trinajstić information content (AvgIpc) is 2.61. The van der Waals surface area contributed by atoms with Crippen LogP contribution in [-0.2, 0) is 14.3 Å². The number of ether oxygens (including phenoxy) is 2. The first-order valence-corrected chi connectivity index (χ1v) is 4.29. The van der Waals surface area contributed by atoms with Gasteiger partial charge in [-0.05, 0) is 0 Å². The summed E-state index contributed by atoms with van der Waals surface area (Å²) in [6, 6.07) is -0.962. The molecule has 1 unspecified atom stereocenters. The summed E-state index contributed by atoms with van der Waals surface area (Å²) in [6.07, 6.45) is -4.96. The van der Waals surface area contributed by atoms with E-state index in [9.17, 15) is 18.0 Å². The van der Waals surface area contributed by atoms with Gasteiger partial charge in [0.15, 0.2) is 5.60 Å². The second kappa shape index (κ2) is 3.97. The number of hydrogen-bond donors (Lipinski definition) is 1. The van der Waals surface area contributed by atoms with E-state index in [0.717, 1.165) is 14.2 Å². The highest BCUT2D eigenvalue weighted by molar-refractivity contribution is 5.76. The molecule has 1 saturated heterocycles. The standard InChI is InChI=1S/C8H12F3NO3/c1-14-6(13)5-3-7(15-2,4-12-5)8(9,10)11/h5,12H,3-4H2,1-2H3/t5-,7?/m0/s1. The Bertz CT molecular complexity index is 256. The predicted octanol–water partition coefficient (Wildman–Crippen LogP) is 0.469. The quantitative estimate of drug-likeness (QED) is 0.696. The molecule has 0 radical (unpaired) electrons. The van der Waals surface area contributed by atoms with Gasteiger partial charge in [0.05, 0.1) is 7.11 Å². The van der Waals surface area contributed by atoms with Crippen molar-refractivity contribution in [1.29, 1.82) is 0 Å². The third-order valence-corrected chi connectivity index (χ3v) is 2.56. The van der Waals surface area contributed by atoms with Crippen LogP contribution >= 0.6 is 0 Å². The number of esters is 1. The Kier molecular flexibility index (Phi) is 3.25. The van der Waals surface area contributed by atoms with Crippen molar-refractivity contribution in [2.45, 2.75) is 24.2 Å². The van der Waals surface area contributed by atoms with Gasteiger partial charge in [-0.1, -0.05) is 0 Å². The first kappa shape index (κ1) is 12.3. The molecular weight excluding hydrogens is 215 g/mol. The van der Waals surface area contributed by atoms with Crippen LogP contribution in [0.2, 0.25) is 0 Å². The summed E-state index contributed by atoms with van der Waals surface area (Å²) in [4.78, 5) is 11.0. The molecule has 2 atom stereocenters. The number of nitrogens with one attached hydrogen (secondary N) is 1. The molecule has 1 heterocycles. The molecule has 0 aromatic rings. The Morgan fingerprint density at radius 2 is 2.07 bits per heavy atom. The van der Waals surface area contributed by atoms with Crippen LogP contribution < -0.4 is 5.32 Å². The van der Waals surface area contributed by atoms with Gasteiger partial charge in [-0.15, -0.1) is 0 Å². The molecule has 1 aliphatic heterocycles. The average molecular weight is 227 g/mol. The van der Waals surface area contributed by atoms with E-state index in [2.05, 4.69) is 14.8 Å². The number of carbonyl (C=O) groups excluding carboxylic acids is 1. The normalized spacial score (nSPS) is 31.7. The molecule has 15 heavy (non-hydrogen) atoms. The van der Waals surface area contributed by atoms with Gasteiger partial charge in [0.2, 0.25) is 0 Å². The van der Waals surface area contributed by atoms with E-state index in [-0.39, 0.29) is 0 Å². The molecule has 4 nitrogen and oxygen atoms in total. The van der Waals surface area contributed by atoms with Crippen LogP contribution in [0.5, 0.6) is 0 Å². The number of carbonyl (C=O) groups is 1. The smallest absolute Gasteiger partial charge is 0.418 e. The zero-order valence-electron chi connectivity index (χ0n) is 8.35. The van der Waals surface area contributed by atoms with Crippen LogP contribution in [0, 0.1) is 0 Å². The van der Waals surface area contributed by atoms with Crippen molar-refractivity contribution >= 4 is 5.97 Å². The monoisotopic (exact) mass is 227 g/mol. The summed E-state index contributed by atoms with van der Waals surface area (Å²) in [5, 5.41) is 2.44. The van der Waals surface area contributed by atoms with Gasteiger partial charge in [-0.25, -0.2) is 0 Å². The Balaban J connectivity index is 2.78. The number of hydrogen-bond acceptors (Lipinski definition) is 4. The van der Waals surface area contributed by atoms with E-state index in [1.165, 1.54) is 0 Å². The Morgan fingerprint density at radius 1 is 1.47 bits per heavy atom. The van der Waals surface area contributed by atoms with Crippen LogP contribution in [0.25, 0.3) is 0 Å². The van der Waals surface area contributed by atoms with Crippen LogP contribution in [-0.4, -0.2) is 44.6 Å². The lowest BCUT2D eigenvalue weighted by Gasteiger charge is -2.29. The van der Waals surface area contributed by atoms with Crippen molar-refractivity contribution in [3.05, 3.63) is 0 Å². The van der Waals surface area contributed by atoms with Crippen molar-refractivity contribution < 1.29 is 27.4 Å². The SMILES string of the molecule is COC(=O)[C@@H]1CC(OC)(C(F)(F)F)CN1. The van der Waals surface area contributed by atoms with Gasteiger partial charge in [-0.2, -0.15) is 13.2 Å². The molecule has 1 rings (SSSR count). The molecule has 0 bridgehead atoms. The highest BCUT2D eigenvalue weighted by Crippen LogP contribution is 2.39. The lowest BCUT2D eigenvalue weighted by atomic mass is 9.99. The maximum atomic E-state index is 12.6. The maximum absolute atomic E-state index is 12.6. The number of methoxy groups -OCH3 is 2. The third-order valence-electron chi connectivity index (χ3n) is 2.56. The number of alkyl halides is 3. The second-order valence-electron chi connectivity index (χ2n) is 3.36. The molecule has 1 aliphatic rings. The molecule has 1 N–H and O–H groups in total. The minimum absolute atomic E-state index is 0.438. The molecule has 0 amide bonds. The van der Waals surface area contributed by atoms with E-state index < -0.39 is 36.8 Å². The van der Waals surface area contributed by atoms with Crippen LogP contribution in [0.15, 0.2) is 0 Å². The van der Waals surface area contributed by atoms with E-state index in [1.807, 2.05) is 0 Å². The maximum Gasteiger partial charge on any atom is 0.418 e. The van der Waals surface area contributed by atoms with Gasteiger partial charge in [-0.3, -0.25) is 4.79 Å². The summed E-state index contributed by atoms with van der Waals surface area (Å²) < 4.78 is 46.8. The Hall–Kier alpha value is -0.820. The van der Waals surface area contributed by atoms with E-state index in [4.69, 9.17) is 0 Å². The van der Waals surface area contributed by atoms with E-state index >= 15 is 0 Å². The van der Waals surface area contributed by atoms with Crippen molar-refractivity contribution in [1.82, 2.24) is 5.32 Å². The van der Waals surface area contributed by atoms with Gasteiger partial charge in [0, 0.05) is 20.1 Å². The minimum Gasteiger partial charge on any atom is -0.468 e. The molecular formula is C8H12F3NO3. The van der Waals surface area contributed by atoms with E-state index in [0.29, 0.717) is 0 Å². The van der Waals surface area contributed by atoms with Crippen molar-refractivity contribution in [3.63, 3.8) is 0 Å². The fraction of sp³-hybridized carbons (Fsp3) is 0.875. The first-order valence-electron chi connectivity index (χ1n) is 4.29. The van der Waals surface area contributed by atoms with Crippen molar-refractivity contribution in [3.8, 4) is 0 Å². The Labute approximate surface area is 84.7 Å².